The number of phenols is 1. The Balaban J connectivity index is 2.03. The van der Waals surface area contributed by atoms with E-state index in [9.17, 15) is 19.5 Å². The molecule has 1 heterocycles. The number of imide groups is 2. The van der Waals surface area contributed by atoms with Crippen LogP contribution in [0.1, 0.15) is 19.4 Å². The van der Waals surface area contributed by atoms with Crippen LogP contribution in [-0.2, 0) is 9.59 Å². The van der Waals surface area contributed by atoms with Crippen molar-refractivity contribution in [1.29, 1.82) is 0 Å². The zero-order valence-electron chi connectivity index (χ0n) is 16.3. The lowest BCUT2D eigenvalue weighted by molar-refractivity contribution is -0.122. The molecule has 2 aromatic carbocycles. The molecule has 1 fully saturated rings. The number of rotatable bonds is 6. The van der Waals surface area contributed by atoms with Crippen molar-refractivity contribution in [2.75, 3.05) is 18.1 Å². The molecule has 0 saturated carbocycles. The molecular weight excluding hydrogens is 503 g/mol. The predicted octanol–water partition coefficient (Wildman–Crippen LogP) is 3.46. The van der Waals surface area contributed by atoms with E-state index >= 15 is 0 Å². The SMILES string of the molecule is CCOc1cc(/C=C2\C(=O)NC(=O)N(c3ccc(O)cc3)C2=O)cc(I)c1OCC. The third-order valence-electron chi connectivity index (χ3n) is 4.14. The number of nitrogens with one attached hydrogen (secondary N) is 1. The summed E-state index contributed by atoms with van der Waals surface area (Å²) in [6.45, 7) is 4.58. The average molecular weight is 522 g/mol. The summed E-state index contributed by atoms with van der Waals surface area (Å²) in [5.41, 5.74) is 0.569. The fraction of sp³-hybridized carbons (Fsp3) is 0.190. The van der Waals surface area contributed by atoms with Gasteiger partial charge in [0.1, 0.15) is 11.3 Å². The molecular formula is C21H19IN2O6. The van der Waals surface area contributed by atoms with Gasteiger partial charge in [-0.15, -0.1) is 0 Å². The third kappa shape index (κ3) is 4.40. The van der Waals surface area contributed by atoms with E-state index < -0.39 is 17.8 Å². The maximum Gasteiger partial charge on any atom is 0.335 e. The van der Waals surface area contributed by atoms with E-state index in [-0.39, 0.29) is 17.0 Å². The Labute approximate surface area is 186 Å². The number of phenolic OH excluding ortho intramolecular Hbond substituents is 1. The van der Waals surface area contributed by atoms with Crippen LogP contribution in [0, 0.1) is 3.57 Å². The first-order valence-electron chi connectivity index (χ1n) is 9.15. The minimum Gasteiger partial charge on any atom is -0.508 e. The lowest BCUT2D eigenvalue weighted by Crippen LogP contribution is -2.54. The normalized spacial score (nSPS) is 15.4. The number of urea groups is 1. The Bertz CT molecular complexity index is 1030. The van der Waals surface area contributed by atoms with Gasteiger partial charge in [-0.1, -0.05) is 0 Å². The standard InChI is InChI=1S/C21H19IN2O6/c1-3-29-17-11-12(10-16(22)18(17)30-4-2)9-15-19(26)23-21(28)24(20(15)27)13-5-7-14(25)8-6-13/h5-11,25H,3-4H2,1-2H3,(H,23,26,28)/b15-9+. The summed E-state index contributed by atoms with van der Waals surface area (Å²) in [5, 5.41) is 11.6. The van der Waals surface area contributed by atoms with Crippen molar-refractivity contribution < 1.29 is 29.0 Å². The minimum atomic E-state index is -0.857. The number of barbiturate groups is 1. The highest BCUT2D eigenvalue weighted by Gasteiger charge is 2.36. The first-order valence-corrected chi connectivity index (χ1v) is 10.2. The van der Waals surface area contributed by atoms with Gasteiger partial charge in [-0.05, 0) is 84.5 Å². The number of hydrogen-bond acceptors (Lipinski definition) is 6. The summed E-state index contributed by atoms with van der Waals surface area (Å²) in [7, 11) is 0. The molecule has 0 bridgehead atoms. The van der Waals surface area contributed by atoms with Crippen molar-refractivity contribution in [2.45, 2.75) is 13.8 Å². The van der Waals surface area contributed by atoms with E-state index in [0.29, 0.717) is 30.3 Å². The fourth-order valence-corrected chi connectivity index (χ4v) is 3.66. The smallest absolute Gasteiger partial charge is 0.335 e. The molecule has 0 aromatic heterocycles. The maximum absolute atomic E-state index is 13.0. The van der Waals surface area contributed by atoms with E-state index in [2.05, 4.69) is 27.9 Å². The van der Waals surface area contributed by atoms with E-state index in [1.54, 1.807) is 12.1 Å². The number of halogens is 1. The quantitative estimate of drug-likeness (QED) is 0.342. The molecule has 1 saturated heterocycles. The second-order valence-corrected chi connectivity index (χ2v) is 7.33. The molecule has 3 rings (SSSR count). The Morgan fingerprint density at radius 2 is 1.73 bits per heavy atom. The second-order valence-electron chi connectivity index (χ2n) is 6.17. The first-order chi connectivity index (χ1) is 14.3. The van der Waals surface area contributed by atoms with Crippen LogP contribution in [0.2, 0.25) is 0 Å². The monoisotopic (exact) mass is 522 g/mol. The van der Waals surface area contributed by atoms with Gasteiger partial charge in [-0.2, -0.15) is 0 Å². The van der Waals surface area contributed by atoms with Crippen molar-refractivity contribution >= 4 is 52.2 Å². The van der Waals surface area contributed by atoms with Crippen LogP contribution in [-0.4, -0.2) is 36.2 Å². The average Bonchev–Trinajstić information content (AvgIpc) is 2.69. The number of benzene rings is 2. The van der Waals surface area contributed by atoms with E-state index in [0.717, 1.165) is 8.47 Å². The Morgan fingerprint density at radius 1 is 1.07 bits per heavy atom. The molecule has 0 unspecified atom stereocenters. The van der Waals surface area contributed by atoms with Crippen LogP contribution in [0.3, 0.4) is 0 Å². The molecule has 156 valence electrons. The number of hydrogen-bond donors (Lipinski definition) is 2. The Kier molecular flexibility index (Phi) is 6.60. The number of amides is 4. The minimum absolute atomic E-state index is 0.0112. The van der Waals surface area contributed by atoms with Gasteiger partial charge in [0.15, 0.2) is 11.5 Å². The van der Waals surface area contributed by atoms with Gasteiger partial charge in [-0.25, -0.2) is 9.69 Å². The van der Waals surface area contributed by atoms with Crippen LogP contribution in [0.25, 0.3) is 6.08 Å². The number of anilines is 1. The first kappa shape index (κ1) is 21.6. The largest absolute Gasteiger partial charge is 0.508 e. The fourth-order valence-electron chi connectivity index (χ4n) is 2.88. The molecule has 8 nitrogen and oxygen atoms in total. The molecule has 0 radical (unpaired) electrons. The molecule has 0 atom stereocenters. The zero-order chi connectivity index (χ0) is 21.8. The topological polar surface area (TPSA) is 105 Å². The Hall–Kier alpha value is -3.08. The van der Waals surface area contributed by atoms with Crippen LogP contribution in [0.15, 0.2) is 42.0 Å². The maximum atomic E-state index is 13.0. The summed E-state index contributed by atoms with van der Waals surface area (Å²) < 4.78 is 12.0. The third-order valence-corrected chi connectivity index (χ3v) is 4.94. The molecule has 2 aromatic rings. The highest BCUT2D eigenvalue weighted by atomic mass is 127. The summed E-state index contributed by atoms with van der Waals surface area (Å²) in [4.78, 5) is 38.4. The highest BCUT2D eigenvalue weighted by molar-refractivity contribution is 14.1. The van der Waals surface area contributed by atoms with E-state index in [1.807, 2.05) is 13.8 Å². The van der Waals surface area contributed by atoms with E-state index in [4.69, 9.17) is 9.47 Å². The van der Waals surface area contributed by atoms with Gasteiger partial charge < -0.3 is 14.6 Å². The summed E-state index contributed by atoms with van der Waals surface area (Å²) in [6, 6.07) is 8.08. The van der Waals surface area contributed by atoms with Gasteiger partial charge in [0, 0.05) is 0 Å². The van der Waals surface area contributed by atoms with E-state index in [1.165, 1.54) is 30.3 Å². The van der Waals surface area contributed by atoms with Crippen molar-refractivity contribution in [1.82, 2.24) is 5.32 Å². The van der Waals surface area contributed by atoms with Crippen molar-refractivity contribution in [3.8, 4) is 17.2 Å². The molecule has 30 heavy (non-hydrogen) atoms. The van der Waals surface area contributed by atoms with Crippen molar-refractivity contribution in [3.05, 3.63) is 51.1 Å². The van der Waals surface area contributed by atoms with Gasteiger partial charge in [-0.3, -0.25) is 14.9 Å². The molecule has 1 aliphatic rings. The highest BCUT2D eigenvalue weighted by Crippen LogP contribution is 2.35. The number of carbonyl (C=O) groups excluding carboxylic acids is 3. The second kappa shape index (κ2) is 9.16. The van der Waals surface area contributed by atoms with Gasteiger partial charge in [0.25, 0.3) is 11.8 Å². The zero-order valence-corrected chi connectivity index (χ0v) is 18.4. The molecule has 4 amide bonds. The molecule has 0 spiro atoms. The van der Waals surface area contributed by atoms with Crippen LogP contribution < -0.4 is 19.7 Å². The number of carbonyl (C=O) groups is 3. The Morgan fingerprint density at radius 3 is 2.37 bits per heavy atom. The summed E-state index contributed by atoms with van der Waals surface area (Å²) in [6.07, 6.45) is 1.40. The molecule has 9 heteroatoms. The lowest BCUT2D eigenvalue weighted by atomic mass is 10.1. The summed E-state index contributed by atoms with van der Waals surface area (Å²) >= 11 is 2.09. The number of aromatic hydroxyl groups is 1. The van der Waals surface area contributed by atoms with Crippen LogP contribution in [0.5, 0.6) is 17.2 Å². The molecule has 1 aliphatic heterocycles. The molecule has 2 N–H and O–H groups in total. The van der Waals surface area contributed by atoms with Gasteiger partial charge in [0.2, 0.25) is 0 Å². The van der Waals surface area contributed by atoms with Crippen molar-refractivity contribution in [3.63, 3.8) is 0 Å². The van der Waals surface area contributed by atoms with Gasteiger partial charge >= 0.3 is 6.03 Å². The number of ether oxygens (including phenoxy) is 2. The lowest BCUT2D eigenvalue weighted by Gasteiger charge is -2.26. The van der Waals surface area contributed by atoms with Crippen LogP contribution in [0.4, 0.5) is 10.5 Å². The summed E-state index contributed by atoms with van der Waals surface area (Å²) in [5.74, 6) is -0.489. The molecule has 0 aliphatic carbocycles. The predicted molar refractivity (Wildman–Crippen MR) is 119 cm³/mol. The number of nitrogens with zero attached hydrogens (tertiary/aromatic N) is 1. The van der Waals surface area contributed by atoms with Crippen LogP contribution >= 0.6 is 22.6 Å². The van der Waals surface area contributed by atoms with Gasteiger partial charge in [0.05, 0.1) is 22.5 Å². The van der Waals surface area contributed by atoms with Crippen molar-refractivity contribution in [2.24, 2.45) is 0 Å².